The number of carbonyl (C=O) groups is 1. The Hall–Kier alpha value is -1.60. The fourth-order valence-electron chi connectivity index (χ4n) is 3.51. The molecule has 2 bridgehead atoms. The molecule has 0 atom stereocenters. The maximum Gasteiger partial charge on any atom is 0.410 e. The van der Waals surface area contributed by atoms with Gasteiger partial charge in [0.15, 0.2) is 0 Å². The molecule has 0 aromatic heterocycles. The molecule has 2 aliphatic heterocycles. The van der Waals surface area contributed by atoms with Gasteiger partial charge in [0.1, 0.15) is 11.4 Å². The van der Waals surface area contributed by atoms with E-state index in [-0.39, 0.29) is 29.9 Å². The van der Waals surface area contributed by atoms with Gasteiger partial charge in [0.05, 0.1) is 6.61 Å². The van der Waals surface area contributed by atoms with Crippen molar-refractivity contribution in [1.29, 1.82) is 0 Å². The highest BCUT2D eigenvalue weighted by atomic mass is 32.2. The number of nitrogens with zero attached hydrogens (tertiary/aromatic N) is 1. The highest BCUT2D eigenvalue weighted by molar-refractivity contribution is 7.85. The zero-order valence-electron chi connectivity index (χ0n) is 14.9. The number of fused-ring (bicyclic) bond motifs is 1. The second kappa shape index (κ2) is 6.29. The summed E-state index contributed by atoms with van der Waals surface area (Å²) in [5.74, 6) is -0.136. The van der Waals surface area contributed by atoms with Crippen LogP contribution in [0.15, 0.2) is 30.3 Å². The number of benzene rings is 1. The number of rotatable bonds is 5. The number of carbonyl (C=O) groups excluding carboxylic acids is 1. The minimum atomic E-state index is -3.64. The van der Waals surface area contributed by atoms with Gasteiger partial charge in [-0.25, -0.2) is 4.79 Å². The van der Waals surface area contributed by atoms with Crippen molar-refractivity contribution < 1.29 is 22.1 Å². The summed E-state index contributed by atoms with van der Waals surface area (Å²) in [6.07, 6.45) is 1.21. The largest absolute Gasteiger partial charge is 0.444 e. The second-order valence-electron chi connectivity index (χ2n) is 8.12. The van der Waals surface area contributed by atoms with E-state index in [4.69, 9.17) is 8.92 Å². The summed E-state index contributed by atoms with van der Waals surface area (Å²) < 4.78 is 35.1. The Bertz CT molecular complexity index is 732. The van der Waals surface area contributed by atoms with E-state index < -0.39 is 15.7 Å². The van der Waals surface area contributed by atoms with Crippen LogP contribution in [0, 0.1) is 5.41 Å². The molecule has 2 saturated heterocycles. The van der Waals surface area contributed by atoms with Gasteiger partial charge in [-0.3, -0.25) is 4.18 Å². The third-order valence-electron chi connectivity index (χ3n) is 4.64. The third-order valence-corrected chi connectivity index (χ3v) is 5.81. The van der Waals surface area contributed by atoms with E-state index in [2.05, 4.69) is 0 Å². The Kier molecular flexibility index (Phi) is 4.58. The zero-order chi connectivity index (χ0) is 18.3. The summed E-state index contributed by atoms with van der Waals surface area (Å²) >= 11 is 0. The topological polar surface area (TPSA) is 72.9 Å². The second-order valence-corrected chi connectivity index (χ2v) is 9.76. The molecule has 0 spiro atoms. The molecule has 25 heavy (non-hydrogen) atoms. The lowest BCUT2D eigenvalue weighted by atomic mass is 9.71. The Balaban J connectivity index is 1.54. The third kappa shape index (κ3) is 4.33. The molecule has 6 nitrogen and oxygen atoms in total. The van der Waals surface area contributed by atoms with Crippen LogP contribution in [0.5, 0.6) is 0 Å². The first-order chi connectivity index (χ1) is 11.6. The zero-order valence-corrected chi connectivity index (χ0v) is 15.7. The first-order valence-electron chi connectivity index (χ1n) is 8.48. The molecule has 1 aromatic carbocycles. The number of amides is 1. The van der Waals surface area contributed by atoms with Gasteiger partial charge in [0.2, 0.25) is 0 Å². The smallest absolute Gasteiger partial charge is 0.410 e. The molecule has 0 unspecified atom stereocenters. The van der Waals surface area contributed by atoms with E-state index in [0.717, 1.165) is 12.8 Å². The molecule has 1 amide bonds. The van der Waals surface area contributed by atoms with E-state index in [1.807, 2.05) is 26.8 Å². The predicted octanol–water partition coefficient (Wildman–Crippen LogP) is 2.93. The van der Waals surface area contributed by atoms with E-state index in [9.17, 15) is 13.2 Å². The van der Waals surface area contributed by atoms with Crippen molar-refractivity contribution in [2.24, 2.45) is 5.41 Å². The standard InChI is InChI=1S/C18H25NO5S/c1-17(2,3)24-16(20)19-12-18(9-15(19)10-18)13-23-25(21,22)11-14-7-5-4-6-8-14/h4-8,15H,9-13H2,1-3H3. The average Bonchev–Trinajstić information content (AvgIpc) is 3.00. The van der Waals surface area contributed by atoms with Crippen molar-refractivity contribution in [2.45, 2.75) is 51.0 Å². The Morgan fingerprint density at radius 2 is 1.88 bits per heavy atom. The Labute approximate surface area is 149 Å². The van der Waals surface area contributed by atoms with Gasteiger partial charge in [0.25, 0.3) is 10.1 Å². The maximum atomic E-state index is 12.2. The lowest BCUT2D eigenvalue weighted by Gasteiger charge is -2.36. The number of ether oxygens (including phenoxy) is 1. The molecular weight excluding hydrogens is 342 g/mol. The van der Waals surface area contributed by atoms with Crippen LogP contribution in [-0.2, 0) is 24.8 Å². The summed E-state index contributed by atoms with van der Waals surface area (Å²) in [4.78, 5) is 13.9. The summed E-state index contributed by atoms with van der Waals surface area (Å²) in [6.45, 7) is 6.12. The highest BCUT2D eigenvalue weighted by Gasteiger charge is 2.58. The number of hydrogen-bond donors (Lipinski definition) is 0. The van der Waals surface area contributed by atoms with Crippen LogP contribution in [0.25, 0.3) is 0 Å². The molecular formula is C18H25NO5S. The normalized spacial score (nSPS) is 25.6. The predicted molar refractivity (Wildman–Crippen MR) is 93.4 cm³/mol. The minimum Gasteiger partial charge on any atom is -0.444 e. The molecule has 4 rings (SSSR count). The van der Waals surface area contributed by atoms with Crippen molar-refractivity contribution in [1.82, 2.24) is 4.90 Å². The van der Waals surface area contributed by atoms with Crippen LogP contribution in [0.4, 0.5) is 4.79 Å². The Morgan fingerprint density at radius 3 is 2.48 bits per heavy atom. The van der Waals surface area contributed by atoms with Crippen molar-refractivity contribution >= 4 is 16.2 Å². The minimum absolute atomic E-state index is 0.123. The van der Waals surface area contributed by atoms with Gasteiger partial charge in [-0.2, -0.15) is 8.42 Å². The first-order valence-corrected chi connectivity index (χ1v) is 10.1. The molecule has 138 valence electrons. The highest BCUT2D eigenvalue weighted by Crippen LogP contribution is 2.52. The lowest BCUT2D eigenvalue weighted by Crippen LogP contribution is -2.40. The van der Waals surface area contributed by atoms with Crippen molar-refractivity contribution in [2.75, 3.05) is 13.2 Å². The van der Waals surface area contributed by atoms with Gasteiger partial charge >= 0.3 is 6.09 Å². The maximum absolute atomic E-state index is 12.2. The van der Waals surface area contributed by atoms with Crippen molar-refractivity contribution in [3.63, 3.8) is 0 Å². The van der Waals surface area contributed by atoms with Gasteiger partial charge in [0, 0.05) is 18.0 Å². The Morgan fingerprint density at radius 1 is 1.24 bits per heavy atom. The van der Waals surface area contributed by atoms with Gasteiger partial charge < -0.3 is 9.64 Å². The van der Waals surface area contributed by atoms with Crippen molar-refractivity contribution in [3.05, 3.63) is 35.9 Å². The summed E-state index contributed by atoms with van der Waals surface area (Å²) in [6, 6.07) is 9.10. The van der Waals surface area contributed by atoms with Crippen molar-refractivity contribution in [3.8, 4) is 0 Å². The van der Waals surface area contributed by atoms with Gasteiger partial charge in [-0.15, -0.1) is 0 Å². The van der Waals surface area contributed by atoms with Crippen LogP contribution in [-0.4, -0.2) is 44.2 Å². The molecule has 1 aromatic rings. The fraction of sp³-hybridized carbons (Fsp3) is 0.611. The van der Waals surface area contributed by atoms with Gasteiger partial charge in [-0.05, 0) is 39.2 Å². The monoisotopic (exact) mass is 367 g/mol. The summed E-state index contributed by atoms with van der Waals surface area (Å²) in [7, 11) is -3.64. The lowest BCUT2D eigenvalue weighted by molar-refractivity contribution is 0.0240. The molecule has 0 radical (unpaired) electrons. The molecule has 0 N–H and O–H groups in total. The summed E-state index contributed by atoms with van der Waals surface area (Å²) in [5.41, 5.74) is -0.0915. The fourth-order valence-corrected chi connectivity index (χ4v) is 4.63. The summed E-state index contributed by atoms with van der Waals surface area (Å²) in [5, 5.41) is 0. The van der Waals surface area contributed by atoms with E-state index in [0.29, 0.717) is 12.1 Å². The molecule has 7 heteroatoms. The average molecular weight is 367 g/mol. The molecule has 3 aliphatic rings. The van der Waals surface area contributed by atoms with Crippen LogP contribution >= 0.6 is 0 Å². The quantitative estimate of drug-likeness (QED) is 0.748. The molecule has 1 aliphatic carbocycles. The van der Waals surface area contributed by atoms with E-state index >= 15 is 0 Å². The molecule has 3 fully saturated rings. The van der Waals surface area contributed by atoms with Crippen LogP contribution < -0.4 is 0 Å². The van der Waals surface area contributed by atoms with E-state index in [1.165, 1.54) is 0 Å². The molecule has 2 heterocycles. The number of hydrogen-bond acceptors (Lipinski definition) is 5. The van der Waals surface area contributed by atoms with Crippen LogP contribution in [0.2, 0.25) is 0 Å². The van der Waals surface area contributed by atoms with Crippen LogP contribution in [0.1, 0.15) is 39.2 Å². The van der Waals surface area contributed by atoms with Crippen LogP contribution in [0.3, 0.4) is 0 Å². The molecule has 1 saturated carbocycles. The SMILES string of the molecule is CC(C)(C)OC(=O)N1CC2(COS(=O)(=O)Cc3ccccc3)CC1C2. The first kappa shape index (κ1) is 18.2. The van der Waals surface area contributed by atoms with E-state index in [1.54, 1.807) is 29.2 Å². The van der Waals surface area contributed by atoms with Gasteiger partial charge in [-0.1, -0.05) is 30.3 Å².